The van der Waals surface area contributed by atoms with Gasteiger partial charge in [-0.1, -0.05) is 41.4 Å². The average Bonchev–Trinajstić information content (AvgIpc) is 2.49. The number of benzene rings is 2. The number of nitrogens with one attached hydrogen (secondary N) is 1. The largest absolute Gasteiger partial charge is 0.272 e. The number of halogens is 1. The minimum absolute atomic E-state index is 0.134. The predicted octanol–water partition coefficient (Wildman–Crippen LogP) is 3.89. The highest BCUT2D eigenvalue weighted by atomic mass is 35.5. The maximum Gasteiger partial charge on any atom is 0.250 e. The van der Waals surface area contributed by atoms with E-state index in [1.807, 2.05) is 43.3 Å². The van der Waals surface area contributed by atoms with E-state index in [-0.39, 0.29) is 5.91 Å². The topological polar surface area (TPSA) is 41.5 Å². The maximum absolute atomic E-state index is 11.7. The zero-order valence-corrected chi connectivity index (χ0v) is 13.1. The van der Waals surface area contributed by atoms with Crippen molar-refractivity contribution in [1.29, 1.82) is 0 Å². The highest BCUT2D eigenvalue weighted by Gasteiger charge is 2.01. The number of hydrogen-bond acceptors (Lipinski definition) is 3. The Hall–Kier alpha value is -1.78. The Balaban J connectivity index is 1.77. The number of aryl methyl sites for hydroxylation is 1. The van der Waals surface area contributed by atoms with Crippen LogP contribution in [-0.4, -0.2) is 17.9 Å². The number of hydrogen-bond donors (Lipinski definition) is 1. The van der Waals surface area contributed by atoms with Gasteiger partial charge in [-0.2, -0.15) is 5.10 Å². The van der Waals surface area contributed by atoms with Crippen LogP contribution in [0.4, 0.5) is 0 Å². The van der Waals surface area contributed by atoms with Crippen LogP contribution in [0.2, 0.25) is 5.02 Å². The summed E-state index contributed by atoms with van der Waals surface area (Å²) < 4.78 is 0. The van der Waals surface area contributed by atoms with E-state index in [0.29, 0.717) is 10.8 Å². The number of hydrazone groups is 1. The molecule has 0 saturated carbocycles. The van der Waals surface area contributed by atoms with Gasteiger partial charge in [0.15, 0.2) is 0 Å². The molecule has 21 heavy (non-hydrogen) atoms. The molecule has 0 radical (unpaired) electrons. The molecule has 0 saturated heterocycles. The number of nitrogens with zero attached hydrogens (tertiary/aromatic N) is 1. The van der Waals surface area contributed by atoms with Gasteiger partial charge in [-0.15, -0.1) is 11.8 Å². The fourth-order valence-electron chi connectivity index (χ4n) is 1.54. The van der Waals surface area contributed by atoms with E-state index < -0.39 is 0 Å². The SMILES string of the molecule is Cc1ccc(SCC(=O)N/N=C\c2ccc(Cl)cc2)cc1. The average molecular weight is 319 g/mol. The predicted molar refractivity (Wildman–Crippen MR) is 89.1 cm³/mol. The van der Waals surface area contributed by atoms with Crippen LogP contribution in [0, 0.1) is 6.92 Å². The lowest BCUT2D eigenvalue weighted by Crippen LogP contribution is -2.19. The molecule has 0 heterocycles. The zero-order chi connectivity index (χ0) is 15.1. The van der Waals surface area contributed by atoms with Crippen molar-refractivity contribution in [2.75, 3.05) is 5.75 Å². The van der Waals surface area contributed by atoms with Crippen molar-refractivity contribution in [3.05, 3.63) is 64.7 Å². The van der Waals surface area contributed by atoms with E-state index in [4.69, 9.17) is 11.6 Å². The number of carbonyl (C=O) groups is 1. The second-order valence-electron chi connectivity index (χ2n) is 4.45. The van der Waals surface area contributed by atoms with Gasteiger partial charge < -0.3 is 0 Å². The van der Waals surface area contributed by atoms with Crippen molar-refractivity contribution in [2.45, 2.75) is 11.8 Å². The molecule has 0 fully saturated rings. The van der Waals surface area contributed by atoms with Gasteiger partial charge in [0.1, 0.15) is 0 Å². The van der Waals surface area contributed by atoms with Crippen LogP contribution in [0.3, 0.4) is 0 Å². The number of amides is 1. The van der Waals surface area contributed by atoms with Gasteiger partial charge in [0.05, 0.1) is 12.0 Å². The Morgan fingerprint density at radius 2 is 1.86 bits per heavy atom. The van der Waals surface area contributed by atoms with Gasteiger partial charge in [0, 0.05) is 9.92 Å². The van der Waals surface area contributed by atoms with Crippen molar-refractivity contribution in [3.8, 4) is 0 Å². The van der Waals surface area contributed by atoms with Gasteiger partial charge in [-0.25, -0.2) is 5.43 Å². The van der Waals surface area contributed by atoms with E-state index in [9.17, 15) is 4.79 Å². The molecule has 1 N–H and O–H groups in total. The second-order valence-corrected chi connectivity index (χ2v) is 5.93. The summed E-state index contributed by atoms with van der Waals surface area (Å²) in [6.45, 7) is 2.03. The normalized spacial score (nSPS) is 10.8. The van der Waals surface area contributed by atoms with E-state index in [1.54, 1.807) is 18.3 Å². The minimum Gasteiger partial charge on any atom is -0.272 e. The second kappa shape index (κ2) is 7.86. The number of rotatable bonds is 5. The van der Waals surface area contributed by atoms with Gasteiger partial charge in [0.25, 0.3) is 0 Å². The molecule has 0 aliphatic carbocycles. The van der Waals surface area contributed by atoms with Crippen LogP contribution < -0.4 is 5.43 Å². The molecule has 0 aromatic heterocycles. The van der Waals surface area contributed by atoms with E-state index >= 15 is 0 Å². The smallest absolute Gasteiger partial charge is 0.250 e. The quantitative estimate of drug-likeness (QED) is 0.516. The fraction of sp³-hybridized carbons (Fsp3) is 0.125. The van der Waals surface area contributed by atoms with E-state index in [2.05, 4.69) is 10.5 Å². The molecule has 3 nitrogen and oxygen atoms in total. The molecule has 0 aliphatic heterocycles. The van der Waals surface area contributed by atoms with Crippen LogP contribution in [0.5, 0.6) is 0 Å². The Labute approximate surface area is 133 Å². The van der Waals surface area contributed by atoms with E-state index in [1.165, 1.54) is 17.3 Å². The van der Waals surface area contributed by atoms with Crippen LogP contribution in [0.1, 0.15) is 11.1 Å². The fourth-order valence-corrected chi connectivity index (χ4v) is 2.36. The number of thioether (sulfide) groups is 1. The van der Waals surface area contributed by atoms with Gasteiger partial charge in [0.2, 0.25) is 5.91 Å². The first-order valence-electron chi connectivity index (χ1n) is 6.40. The first-order valence-corrected chi connectivity index (χ1v) is 7.77. The maximum atomic E-state index is 11.7. The Kier molecular flexibility index (Phi) is 5.84. The van der Waals surface area contributed by atoms with Crippen molar-refractivity contribution < 1.29 is 4.79 Å². The van der Waals surface area contributed by atoms with Gasteiger partial charge in [-0.05, 0) is 36.8 Å². The molecule has 2 rings (SSSR count). The van der Waals surface area contributed by atoms with Crippen LogP contribution in [0.25, 0.3) is 0 Å². The Morgan fingerprint density at radius 1 is 1.19 bits per heavy atom. The molecule has 5 heteroatoms. The standard InChI is InChI=1S/C16H15ClN2OS/c1-12-2-8-15(9-3-12)21-11-16(20)19-18-10-13-4-6-14(17)7-5-13/h2-10H,11H2,1H3,(H,19,20)/b18-10-. The van der Waals surface area contributed by atoms with Crippen molar-refractivity contribution in [3.63, 3.8) is 0 Å². The molecule has 2 aromatic rings. The zero-order valence-electron chi connectivity index (χ0n) is 11.5. The third-order valence-electron chi connectivity index (χ3n) is 2.66. The molecule has 2 aromatic carbocycles. The third kappa shape index (κ3) is 5.61. The van der Waals surface area contributed by atoms with E-state index in [0.717, 1.165) is 10.5 Å². The summed E-state index contributed by atoms with van der Waals surface area (Å²) in [7, 11) is 0. The van der Waals surface area contributed by atoms with Crippen LogP contribution in [-0.2, 0) is 4.79 Å². The summed E-state index contributed by atoms with van der Waals surface area (Å²) in [6, 6.07) is 15.3. The lowest BCUT2D eigenvalue weighted by atomic mass is 10.2. The Morgan fingerprint density at radius 3 is 2.52 bits per heavy atom. The summed E-state index contributed by atoms with van der Waals surface area (Å²) in [5, 5.41) is 4.59. The monoisotopic (exact) mass is 318 g/mol. The van der Waals surface area contributed by atoms with Gasteiger partial charge >= 0.3 is 0 Å². The van der Waals surface area contributed by atoms with Crippen LogP contribution >= 0.6 is 23.4 Å². The summed E-state index contributed by atoms with van der Waals surface area (Å²) in [5.41, 5.74) is 4.59. The molecule has 0 spiro atoms. The lowest BCUT2D eigenvalue weighted by Gasteiger charge is -2.01. The minimum atomic E-state index is -0.134. The molecular formula is C16H15ClN2OS. The summed E-state index contributed by atoms with van der Waals surface area (Å²) in [5.74, 6) is 0.201. The van der Waals surface area contributed by atoms with Crippen molar-refractivity contribution >= 4 is 35.5 Å². The molecule has 0 atom stereocenters. The third-order valence-corrected chi connectivity index (χ3v) is 3.93. The van der Waals surface area contributed by atoms with Crippen LogP contribution in [0.15, 0.2) is 58.5 Å². The Bertz CT molecular complexity index is 624. The molecule has 0 aliphatic rings. The number of carbonyl (C=O) groups excluding carboxylic acids is 1. The highest BCUT2D eigenvalue weighted by Crippen LogP contribution is 2.17. The first-order chi connectivity index (χ1) is 10.1. The molecule has 1 amide bonds. The lowest BCUT2D eigenvalue weighted by molar-refractivity contribution is -0.118. The summed E-state index contributed by atoms with van der Waals surface area (Å²) in [6.07, 6.45) is 1.59. The molecule has 0 unspecified atom stereocenters. The van der Waals surface area contributed by atoms with Crippen molar-refractivity contribution in [2.24, 2.45) is 5.10 Å². The van der Waals surface area contributed by atoms with Gasteiger partial charge in [-0.3, -0.25) is 4.79 Å². The summed E-state index contributed by atoms with van der Waals surface area (Å²) >= 11 is 7.27. The highest BCUT2D eigenvalue weighted by molar-refractivity contribution is 8.00. The first kappa shape index (κ1) is 15.6. The molecular weight excluding hydrogens is 304 g/mol. The molecule has 0 bridgehead atoms. The van der Waals surface area contributed by atoms with Crippen molar-refractivity contribution in [1.82, 2.24) is 5.43 Å². The molecule has 108 valence electrons. The summed E-state index contributed by atoms with van der Waals surface area (Å²) in [4.78, 5) is 12.7.